The van der Waals surface area contributed by atoms with Crippen LogP contribution in [0.4, 0.5) is 0 Å². The highest BCUT2D eigenvalue weighted by Crippen LogP contribution is 2.11. The molecule has 1 saturated heterocycles. The summed E-state index contributed by atoms with van der Waals surface area (Å²) in [7, 11) is 0. The monoisotopic (exact) mass is 211 g/mol. The quantitative estimate of drug-likeness (QED) is 0.801. The van der Waals surface area contributed by atoms with E-state index in [4.69, 9.17) is 14.3 Å². The van der Waals surface area contributed by atoms with Crippen molar-refractivity contribution in [3.8, 4) is 0 Å². The molecule has 5 heteroatoms. The molecule has 2 rings (SSSR count). The van der Waals surface area contributed by atoms with E-state index in [9.17, 15) is 4.79 Å². The maximum absolute atomic E-state index is 10.6. The fourth-order valence-electron chi connectivity index (χ4n) is 1.59. The zero-order chi connectivity index (χ0) is 10.7. The summed E-state index contributed by atoms with van der Waals surface area (Å²) >= 11 is 0. The second-order valence-corrected chi connectivity index (χ2v) is 3.51. The summed E-state index contributed by atoms with van der Waals surface area (Å²) in [6, 6.07) is 1.57. The fraction of sp³-hybridized carbons (Fsp3) is 0.500. The van der Waals surface area contributed by atoms with Crippen LogP contribution in [-0.4, -0.2) is 42.3 Å². The third kappa shape index (κ3) is 2.57. The summed E-state index contributed by atoms with van der Waals surface area (Å²) in [4.78, 5) is 12.8. The molecule has 1 aliphatic heterocycles. The van der Waals surface area contributed by atoms with Gasteiger partial charge in [-0.05, 0) is 6.07 Å². The van der Waals surface area contributed by atoms with Crippen LogP contribution in [0.3, 0.4) is 0 Å². The Balaban J connectivity index is 1.94. The molecule has 0 aromatic carbocycles. The van der Waals surface area contributed by atoms with E-state index in [2.05, 4.69) is 4.90 Å². The topological polar surface area (TPSA) is 62.9 Å². The molecule has 5 nitrogen and oxygen atoms in total. The molecular formula is C10H13NO4. The van der Waals surface area contributed by atoms with Gasteiger partial charge < -0.3 is 14.3 Å². The number of hydrogen-bond acceptors (Lipinski definition) is 4. The molecule has 0 spiro atoms. The van der Waals surface area contributed by atoms with Gasteiger partial charge in [0, 0.05) is 25.2 Å². The Labute approximate surface area is 87.2 Å². The second kappa shape index (κ2) is 4.46. The molecule has 2 heterocycles. The third-order valence-electron chi connectivity index (χ3n) is 2.37. The van der Waals surface area contributed by atoms with Gasteiger partial charge in [-0.15, -0.1) is 0 Å². The molecule has 0 atom stereocenters. The van der Waals surface area contributed by atoms with E-state index < -0.39 is 5.97 Å². The molecule has 0 bridgehead atoms. The third-order valence-corrected chi connectivity index (χ3v) is 2.37. The van der Waals surface area contributed by atoms with Crippen molar-refractivity contribution in [2.45, 2.75) is 6.54 Å². The van der Waals surface area contributed by atoms with Gasteiger partial charge in [-0.2, -0.15) is 0 Å². The van der Waals surface area contributed by atoms with Crippen molar-refractivity contribution in [1.29, 1.82) is 0 Å². The lowest BCUT2D eigenvalue weighted by molar-refractivity contribution is 0.0341. The Hall–Kier alpha value is -1.33. The minimum atomic E-state index is -1.02. The van der Waals surface area contributed by atoms with Gasteiger partial charge in [0.2, 0.25) is 5.76 Å². The molecule has 82 valence electrons. The summed E-state index contributed by atoms with van der Waals surface area (Å²) in [6.07, 6.45) is 1.50. The van der Waals surface area contributed by atoms with Crippen molar-refractivity contribution < 1.29 is 19.1 Å². The fourth-order valence-corrected chi connectivity index (χ4v) is 1.59. The van der Waals surface area contributed by atoms with Gasteiger partial charge in [0.25, 0.3) is 0 Å². The highest BCUT2D eigenvalue weighted by Gasteiger charge is 2.14. The molecule has 15 heavy (non-hydrogen) atoms. The van der Waals surface area contributed by atoms with E-state index in [0.717, 1.165) is 38.4 Å². The molecule has 0 aliphatic carbocycles. The van der Waals surface area contributed by atoms with Gasteiger partial charge in [0.15, 0.2) is 0 Å². The highest BCUT2D eigenvalue weighted by atomic mass is 16.5. The largest absolute Gasteiger partial charge is 0.475 e. The van der Waals surface area contributed by atoms with Gasteiger partial charge in [-0.1, -0.05) is 0 Å². The smallest absolute Gasteiger partial charge is 0.371 e. The number of nitrogens with zero attached hydrogens (tertiary/aromatic N) is 1. The first kappa shape index (κ1) is 10.2. The number of furan rings is 1. The van der Waals surface area contributed by atoms with E-state index in [1.165, 1.54) is 6.26 Å². The van der Waals surface area contributed by atoms with Gasteiger partial charge in [-0.3, -0.25) is 4.90 Å². The van der Waals surface area contributed by atoms with Crippen molar-refractivity contribution in [3.63, 3.8) is 0 Å². The minimum absolute atomic E-state index is 0.00161. The molecular weight excluding hydrogens is 198 g/mol. The average molecular weight is 211 g/mol. The average Bonchev–Trinajstić information content (AvgIpc) is 2.68. The lowest BCUT2D eigenvalue weighted by Crippen LogP contribution is -2.35. The molecule has 1 aromatic heterocycles. The molecule has 1 fully saturated rings. The number of aromatic carboxylic acids is 1. The van der Waals surface area contributed by atoms with Crippen LogP contribution in [0.2, 0.25) is 0 Å². The van der Waals surface area contributed by atoms with Crippen molar-refractivity contribution in [2.75, 3.05) is 26.3 Å². The molecule has 0 saturated carbocycles. The Morgan fingerprint density at radius 2 is 2.20 bits per heavy atom. The number of ether oxygens (including phenoxy) is 1. The van der Waals surface area contributed by atoms with Gasteiger partial charge >= 0.3 is 5.97 Å². The maximum Gasteiger partial charge on any atom is 0.371 e. The molecule has 1 aromatic rings. The number of carbonyl (C=O) groups is 1. The Morgan fingerprint density at radius 3 is 2.80 bits per heavy atom. The number of hydrogen-bond donors (Lipinski definition) is 1. The molecule has 1 N–H and O–H groups in total. The summed E-state index contributed by atoms with van der Waals surface area (Å²) in [5, 5.41) is 8.68. The normalized spacial score (nSPS) is 17.9. The van der Waals surface area contributed by atoms with Crippen LogP contribution in [0, 0.1) is 0 Å². The van der Waals surface area contributed by atoms with E-state index in [1.807, 2.05) is 0 Å². The van der Waals surface area contributed by atoms with E-state index in [-0.39, 0.29) is 5.76 Å². The first-order valence-electron chi connectivity index (χ1n) is 4.86. The molecule has 0 amide bonds. The lowest BCUT2D eigenvalue weighted by Gasteiger charge is -2.25. The Kier molecular flexibility index (Phi) is 3.03. The zero-order valence-corrected chi connectivity index (χ0v) is 8.31. The predicted octanol–water partition coefficient (Wildman–Crippen LogP) is 0.810. The van der Waals surface area contributed by atoms with Crippen molar-refractivity contribution in [1.82, 2.24) is 4.90 Å². The SMILES string of the molecule is O=C(O)c1cc(CN2CCOCC2)co1. The summed E-state index contributed by atoms with van der Waals surface area (Å²) in [5.74, 6) is -1.03. The van der Waals surface area contributed by atoms with E-state index >= 15 is 0 Å². The first-order chi connectivity index (χ1) is 7.25. The number of carboxylic acid groups (broad SMARTS) is 1. The Bertz CT molecular complexity index is 341. The number of morpholine rings is 1. The summed E-state index contributed by atoms with van der Waals surface area (Å²) in [6.45, 7) is 3.97. The van der Waals surface area contributed by atoms with Crippen LogP contribution in [0.5, 0.6) is 0 Å². The van der Waals surface area contributed by atoms with Crippen molar-refractivity contribution in [3.05, 3.63) is 23.7 Å². The van der Waals surface area contributed by atoms with E-state index in [0.29, 0.717) is 0 Å². The second-order valence-electron chi connectivity index (χ2n) is 3.51. The van der Waals surface area contributed by atoms with Crippen LogP contribution in [-0.2, 0) is 11.3 Å². The molecule has 0 radical (unpaired) electrons. The van der Waals surface area contributed by atoms with Gasteiger partial charge in [0.1, 0.15) is 0 Å². The maximum atomic E-state index is 10.6. The van der Waals surface area contributed by atoms with Crippen LogP contribution in [0.15, 0.2) is 16.7 Å². The minimum Gasteiger partial charge on any atom is -0.475 e. The molecule has 0 unspecified atom stereocenters. The number of rotatable bonds is 3. The zero-order valence-electron chi connectivity index (χ0n) is 8.31. The van der Waals surface area contributed by atoms with Crippen molar-refractivity contribution in [2.24, 2.45) is 0 Å². The first-order valence-corrected chi connectivity index (χ1v) is 4.86. The summed E-state index contributed by atoms with van der Waals surface area (Å²) in [5.41, 5.74) is 0.898. The molecule has 1 aliphatic rings. The van der Waals surface area contributed by atoms with Crippen LogP contribution in [0.25, 0.3) is 0 Å². The van der Waals surface area contributed by atoms with Crippen molar-refractivity contribution >= 4 is 5.97 Å². The van der Waals surface area contributed by atoms with Gasteiger partial charge in [0.05, 0.1) is 19.5 Å². The Morgan fingerprint density at radius 1 is 1.47 bits per heavy atom. The van der Waals surface area contributed by atoms with Crippen LogP contribution < -0.4 is 0 Å². The lowest BCUT2D eigenvalue weighted by atomic mass is 10.2. The van der Waals surface area contributed by atoms with Gasteiger partial charge in [-0.25, -0.2) is 4.79 Å². The number of carboxylic acids is 1. The predicted molar refractivity (Wildman–Crippen MR) is 51.8 cm³/mol. The highest BCUT2D eigenvalue weighted by molar-refractivity contribution is 5.84. The van der Waals surface area contributed by atoms with Crippen LogP contribution in [0.1, 0.15) is 16.1 Å². The standard InChI is InChI=1S/C10H13NO4/c12-10(13)9-5-8(7-15-9)6-11-1-3-14-4-2-11/h5,7H,1-4,6H2,(H,12,13). The van der Waals surface area contributed by atoms with E-state index in [1.54, 1.807) is 6.07 Å². The van der Waals surface area contributed by atoms with Crippen LogP contribution >= 0.6 is 0 Å². The summed E-state index contributed by atoms with van der Waals surface area (Å²) < 4.78 is 10.1.